The number of ether oxygens (including phenoxy) is 1. The Kier molecular flexibility index (Phi) is 3.83. The third-order valence-electron chi connectivity index (χ3n) is 3.25. The average molecular weight is 218 g/mol. The van der Waals surface area contributed by atoms with Crippen LogP contribution in [0.15, 0.2) is 18.3 Å². The Labute approximate surface area is 98.0 Å². The molecule has 0 saturated carbocycles. The molecule has 0 radical (unpaired) electrons. The van der Waals surface area contributed by atoms with Crippen LogP contribution in [0.4, 0.5) is 0 Å². The summed E-state index contributed by atoms with van der Waals surface area (Å²) in [5.41, 5.74) is 1.03. The number of piperidine rings is 1. The first-order chi connectivity index (χ1) is 7.75. The average Bonchev–Trinajstić information content (AvgIpc) is 2.33. The first kappa shape index (κ1) is 11.5. The minimum atomic E-state index is 0.284. The largest absolute Gasteiger partial charge is 0.489 e. The summed E-state index contributed by atoms with van der Waals surface area (Å²) in [6.45, 7) is 4.39. The number of nitrogens with one attached hydrogen (secondary N) is 1. The normalized spacial score (nSPS) is 19.3. The van der Waals surface area contributed by atoms with Gasteiger partial charge in [0.2, 0.25) is 0 Å². The van der Waals surface area contributed by atoms with E-state index in [-0.39, 0.29) is 6.10 Å². The Morgan fingerprint density at radius 1 is 1.44 bits per heavy atom. The second kappa shape index (κ2) is 5.35. The standard InChI is InChI=1S/C12H19BN2O/c1-9(10-4-6-14-7-5-10)16-11-2-3-12(13)15-8-11/h2-3,8-10,14H,4-7,13H2,1H3. The van der Waals surface area contributed by atoms with Gasteiger partial charge in [0.1, 0.15) is 5.75 Å². The molecule has 0 aromatic carbocycles. The first-order valence-corrected chi connectivity index (χ1v) is 6.06. The third kappa shape index (κ3) is 2.98. The van der Waals surface area contributed by atoms with Crippen LogP contribution in [-0.4, -0.2) is 32.0 Å². The van der Waals surface area contributed by atoms with E-state index in [1.165, 1.54) is 12.8 Å². The molecule has 0 spiro atoms. The highest BCUT2D eigenvalue weighted by atomic mass is 16.5. The Bertz CT molecular complexity index is 322. The minimum absolute atomic E-state index is 0.284. The molecule has 0 bridgehead atoms. The highest BCUT2D eigenvalue weighted by Crippen LogP contribution is 2.20. The smallest absolute Gasteiger partial charge is 0.163 e. The molecular weight excluding hydrogens is 199 g/mol. The molecule has 0 amide bonds. The second-order valence-electron chi connectivity index (χ2n) is 4.55. The van der Waals surface area contributed by atoms with Gasteiger partial charge in [-0.1, -0.05) is 0 Å². The Morgan fingerprint density at radius 2 is 2.19 bits per heavy atom. The van der Waals surface area contributed by atoms with E-state index in [1.54, 1.807) is 0 Å². The third-order valence-corrected chi connectivity index (χ3v) is 3.25. The van der Waals surface area contributed by atoms with Crippen molar-refractivity contribution in [2.45, 2.75) is 25.9 Å². The summed E-state index contributed by atoms with van der Waals surface area (Å²) in [7, 11) is 1.99. The number of pyridine rings is 1. The fourth-order valence-electron chi connectivity index (χ4n) is 2.15. The van der Waals surface area contributed by atoms with Gasteiger partial charge in [-0.2, -0.15) is 0 Å². The topological polar surface area (TPSA) is 34.1 Å². The van der Waals surface area contributed by atoms with Crippen LogP contribution in [0.2, 0.25) is 0 Å². The number of nitrogens with zero attached hydrogens (tertiary/aromatic N) is 1. The van der Waals surface area contributed by atoms with Gasteiger partial charge in [-0.3, -0.25) is 4.98 Å². The number of hydrogen-bond acceptors (Lipinski definition) is 3. The molecule has 2 rings (SSSR count). The van der Waals surface area contributed by atoms with Gasteiger partial charge < -0.3 is 10.1 Å². The molecule has 1 N–H and O–H groups in total. The van der Waals surface area contributed by atoms with Crippen LogP contribution in [-0.2, 0) is 0 Å². The molecule has 1 aromatic heterocycles. The summed E-state index contributed by atoms with van der Waals surface area (Å²) >= 11 is 0. The second-order valence-corrected chi connectivity index (χ2v) is 4.55. The van der Waals surface area contributed by atoms with Crippen molar-refractivity contribution in [1.29, 1.82) is 0 Å². The van der Waals surface area contributed by atoms with Crippen molar-refractivity contribution < 1.29 is 4.74 Å². The van der Waals surface area contributed by atoms with E-state index in [0.29, 0.717) is 5.92 Å². The SMILES string of the molecule is Bc1ccc(OC(C)C2CCNCC2)cn1. The van der Waals surface area contributed by atoms with E-state index in [4.69, 9.17) is 4.74 Å². The first-order valence-electron chi connectivity index (χ1n) is 6.06. The summed E-state index contributed by atoms with van der Waals surface area (Å²) in [5, 5.41) is 3.37. The van der Waals surface area contributed by atoms with E-state index in [9.17, 15) is 0 Å². The fraction of sp³-hybridized carbons (Fsp3) is 0.583. The van der Waals surface area contributed by atoms with E-state index < -0.39 is 0 Å². The zero-order valence-electron chi connectivity index (χ0n) is 10.1. The summed E-state index contributed by atoms with van der Waals surface area (Å²) < 4.78 is 5.92. The molecule has 0 aliphatic carbocycles. The summed E-state index contributed by atoms with van der Waals surface area (Å²) in [4.78, 5) is 4.24. The molecule has 1 saturated heterocycles. The zero-order chi connectivity index (χ0) is 11.4. The summed E-state index contributed by atoms with van der Waals surface area (Å²) in [6.07, 6.45) is 4.51. The number of rotatable bonds is 3. The molecule has 4 heteroatoms. The van der Waals surface area contributed by atoms with Gasteiger partial charge in [-0.15, -0.1) is 0 Å². The van der Waals surface area contributed by atoms with Gasteiger partial charge in [0.15, 0.2) is 7.85 Å². The van der Waals surface area contributed by atoms with Crippen LogP contribution < -0.4 is 15.6 Å². The Balaban J connectivity index is 1.90. The molecule has 2 heterocycles. The van der Waals surface area contributed by atoms with Gasteiger partial charge in [0.25, 0.3) is 0 Å². The van der Waals surface area contributed by atoms with Crippen LogP contribution in [0.3, 0.4) is 0 Å². The molecule has 16 heavy (non-hydrogen) atoms. The molecule has 86 valence electrons. The molecule has 1 aliphatic rings. The Hall–Kier alpha value is -1.03. The maximum atomic E-state index is 5.92. The lowest BCUT2D eigenvalue weighted by atomic mass is 9.93. The van der Waals surface area contributed by atoms with Crippen LogP contribution in [0.5, 0.6) is 5.75 Å². The molecule has 1 aromatic rings. The van der Waals surface area contributed by atoms with Crippen molar-refractivity contribution in [3.8, 4) is 5.75 Å². The van der Waals surface area contributed by atoms with Crippen molar-refractivity contribution in [3.63, 3.8) is 0 Å². The van der Waals surface area contributed by atoms with Gasteiger partial charge in [0, 0.05) is 0 Å². The lowest BCUT2D eigenvalue weighted by Crippen LogP contribution is -2.35. The summed E-state index contributed by atoms with van der Waals surface area (Å²) in [5.74, 6) is 1.55. The minimum Gasteiger partial charge on any atom is -0.489 e. The van der Waals surface area contributed by atoms with E-state index in [0.717, 1.165) is 24.4 Å². The van der Waals surface area contributed by atoms with Crippen molar-refractivity contribution in [2.24, 2.45) is 5.92 Å². The van der Waals surface area contributed by atoms with Crippen molar-refractivity contribution in [3.05, 3.63) is 18.3 Å². The van der Waals surface area contributed by atoms with E-state index in [1.807, 2.05) is 26.2 Å². The predicted octanol–water partition coefficient (Wildman–Crippen LogP) is 0.107. The molecule has 1 atom stereocenters. The van der Waals surface area contributed by atoms with Gasteiger partial charge in [0.05, 0.1) is 12.3 Å². The number of aromatic nitrogens is 1. The maximum absolute atomic E-state index is 5.92. The van der Waals surface area contributed by atoms with Crippen LogP contribution >= 0.6 is 0 Å². The molecule has 1 unspecified atom stereocenters. The van der Waals surface area contributed by atoms with Crippen molar-refractivity contribution in [1.82, 2.24) is 10.3 Å². The van der Waals surface area contributed by atoms with Gasteiger partial charge in [-0.05, 0) is 56.5 Å². The number of hydrogen-bond donors (Lipinski definition) is 1. The molecule has 1 fully saturated rings. The van der Waals surface area contributed by atoms with Crippen molar-refractivity contribution >= 4 is 13.4 Å². The van der Waals surface area contributed by atoms with E-state index in [2.05, 4.69) is 17.2 Å². The highest BCUT2D eigenvalue weighted by Gasteiger charge is 2.21. The monoisotopic (exact) mass is 218 g/mol. The lowest BCUT2D eigenvalue weighted by molar-refractivity contribution is 0.128. The molecule has 1 aliphatic heterocycles. The highest BCUT2D eigenvalue weighted by molar-refractivity contribution is 6.30. The van der Waals surface area contributed by atoms with Crippen LogP contribution in [0.25, 0.3) is 0 Å². The van der Waals surface area contributed by atoms with Gasteiger partial charge >= 0.3 is 0 Å². The van der Waals surface area contributed by atoms with Crippen molar-refractivity contribution in [2.75, 3.05) is 13.1 Å². The quantitative estimate of drug-likeness (QED) is 0.731. The fourth-order valence-corrected chi connectivity index (χ4v) is 2.15. The van der Waals surface area contributed by atoms with Crippen LogP contribution in [0.1, 0.15) is 19.8 Å². The predicted molar refractivity (Wildman–Crippen MR) is 68.1 cm³/mol. The zero-order valence-corrected chi connectivity index (χ0v) is 10.1. The van der Waals surface area contributed by atoms with Gasteiger partial charge in [-0.25, -0.2) is 0 Å². The van der Waals surface area contributed by atoms with E-state index >= 15 is 0 Å². The van der Waals surface area contributed by atoms with Crippen LogP contribution in [0, 0.1) is 5.92 Å². The summed E-state index contributed by atoms with van der Waals surface area (Å²) in [6, 6.07) is 3.99. The lowest BCUT2D eigenvalue weighted by Gasteiger charge is -2.28. The maximum Gasteiger partial charge on any atom is 0.163 e. The molecular formula is C12H19BN2O. The Morgan fingerprint density at radius 3 is 2.81 bits per heavy atom. The molecule has 3 nitrogen and oxygen atoms in total.